The fourth-order valence-corrected chi connectivity index (χ4v) is 2.57. The second kappa shape index (κ2) is 8.18. The summed E-state index contributed by atoms with van der Waals surface area (Å²) in [4.78, 5) is 12.1. The Kier molecular flexibility index (Phi) is 6.25. The third-order valence-corrected chi connectivity index (χ3v) is 4.08. The number of benzene rings is 1. The fraction of sp³-hybridized carbons (Fsp3) is 0.611. The Hall–Kier alpha value is -1.55. The molecule has 2 rings (SSSR count). The number of carbonyl (C=O) groups is 1. The SMILES string of the molecule is CC(C)CCOc1ccc(C(C)NC(=O)C2CCCN2)cc1. The van der Waals surface area contributed by atoms with Crippen molar-refractivity contribution in [1.82, 2.24) is 10.6 Å². The standard InChI is InChI=1S/C18H28N2O2/c1-13(2)10-12-22-16-8-6-15(7-9-16)14(3)20-18(21)17-5-4-11-19-17/h6-9,13-14,17,19H,4-5,10-12H2,1-3H3,(H,20,21). The zero-order chi connectivity index (χ0) is 15.9. The molecule has 0 saturated carbocycles. The minimum atomic E-state index is -0.0268. The highest BCUT2D eigenvalue weighted by atomic mass is 16.5. The number of amides is 1. The number of carbonyl (C=O) groups excluding carboxylic acids is 1. The Balaban J connectivity index is 1.82. The van der Waals surface area contributed by atoms with Crippen molar-refractivity contribution in [3.05, 3.63) is 29.8 Å². The molecule has 4 heteroatoms. The summed E-state index contributed by atoms with van der Waals surface area (Å²) in [7, 11) is 0. The summed E-state index contributed by atoms with van der Waals surface area (Å²) < 4.78 is 5.72. The van der Waals surface area contributed by atoms with Crippen LogP contribution in [0.5, 0.6) is 5.75 Å². The molecule has 0 aromatic heterocycles. The van der Waals surface area contributed by atoms with Gasteiger partial charge in [0.05, 0.1) is 18.7 Å². The van der Waals surface area contributed by atoms with Crippen LogP contribution >= 0.6 is 0 Å². The predicted octanol–water partition coefficient (Wildman–Crippen LogP) is 3.04. The first-order chi connectivity index (χ1) is 10.6. The summed E-state index contributed by atoms with van der Waals surface area (Å²) >= 11 is 0. The monoisotopic (exact) mass is 304 g/mol. The lowest BCUT2D eigenvalue weighted by atomic mass is 10.1. The van der Waals surface area contributed by atoms with Gasteiger partial charge in [-0.25, -0.2) is 0 Å². The van der Waals surface area contributed by atoms with Gasteiger partial charge < -0.3 is 15.4 Å². The van der Waals surface area contributed by atoms with E-state index in [-0.39, 0.29) is 18.0 Å². The molecule has 4 nitrogen and oxygen atoms in total. The first kappa shape index (κ1) is 16.8. The Morgan fingerprint density at radius 3 is 2.64 bits per heavy atom. The molecular formula is C18H28N2O2. The van der Waals surface area contributed by atoms with Crippen LogP contribution in [0.1, 0.15) is 51.6 Å². The van der Waals surface area contributed by atoms with Crippen molar-refractivity contribution in [2.24, 2.45) is 5.92 Å². The Morgan fingerprint density at radius 2 is 2.05 bits per heavy atom. The molecule has 1 aliphatic rings. The zero-order valence-corrected chi connectivity index (χ0v) is 13.9. The van der Waals surface area contributed by atoms with E-state index in [0.717, 1.165) is 43.7 Å². The molecule has 1 heterocycles. The first-order valence-corrected chi connectivity index (χ1v) is 8.33. The largest absolute Gasteiger partial charge is 0.494 e. The summed E-state index contributed by atoms with van der Waals surface area (Å²) in [5.41, 5.74) is 1.10. The Bertz CT molecular complexity index is 464. The summed E-state index contributed by atoms with van der Waals surface area (Å²) in [6.07, 6.45) is 3.07. The van der Waals surface area contributed by atoms with E-state index >= 15 is 0 Å². The molecule has 1 aliphatic heterocycles. The highest BCUT2D eigenvalue weighted by molar-refractivity contribution is 5.82. The van der Waals surface area contributed by atoms with E-state index in [0.29, 0.717) is 5.92 Å². The summed E-state index contributed by atoms with van der Waals surface area (Å²) in [6, 6.07) is 7.99. The summed E-state index contributed by atoms with van der Waals surface area (Å²) in [5.74, 6) is 1.64. The van der Waals surface area contributed by atoms with Crippen LogP contribution in [0.3, 0.4) is 0 Å². The third-order valence-electron chi connectivity index (χ3n) is 4.08. The second-order valence-electron chi connectivity index (χ2n) is 6.48. The van der Waals surface area contributed by atoms with Crippen LogP contribution in [0.25, 0.3) is 0 Å². The zero-order valence-electron chi connectivity index (χ0n) is 13.9. The van der Waals surface area contributed by atoms with Crippen LogP contribution in [-0.4, -0.2) is 25.1 Å². The Labute approximate surface area is 133 Å². The van der Waals surface area contributed by atoms with Crippen LogP contribution in [0.15, 0.2) is 24.3 Å². The van der Waals surface area contributed by atoms with Gasteiger partial charge in [-0.05, 0) is 56.3 Å². The minimum Gasteiger partial charge on any atom is -0.494 e. The molecule has 1 fully saturated rings. The van der Waals surface area contributed by atoms with Crippen molar-refractivity contribution in [1.29, 1.82) is 0 Å². The van der Waals surface area contributed by atoms with E-state index in [1.807, 2.05) is 31.2 Å². The molecule has 1 aromatic rings. The van der Waals surface area contributed by atoms with Gasteiger partial charge in [-0.15, -0.1) is 0 Å². The maximum Gasteiger partial charge on any atom is 0.237 e. The van der Waals surface area contributed by atoms with Gasteiger partial charge in [-0.1, -0.05) is 26.0 Å². The van der Waals surface area contributed by atoms with Gasteiger partial charge in [0.1, 0.15) is 5.75 Å². The summed E-state index contributed by atoms with van der Waals surface area (Å²) in [6.45, 7) is 8.08. The van der Waals surface area contributed by atoms with Crippen LogP contribution in [0, 0.1) is 5.92 Å². The van der Waals surface area contributed by atoms with E-state index in [2.05, 4.69) is 24.5 Å². The van der Waals surface area contributed by atoms with Gasteiger partial charge in [0.2, 0.25) is 5.91 Å². The highest BCUT2D eigenvalue weighted by Crippen LogP contribution is 2.18. The first-order valence-electron chi connectivity index (χ1n) is 8.33. The molecule has 1 amide bonds. The van der Waals surface area contributed by atoms with Crippen molar-refractivity contribution in [3.8, 4) is 5.75 Å². The number of hydrogen-bond acceptors (Lipinski definition) is 3. The molecule has 0 radical (unpaired) electrons. The molecule has 1 aromatic carbocycles. The van der Waals surface area contributed by atoms with Crippen molar-refractivity contribution in [2.75, 3.05) is 13.2 Å². The summed E-state index contributed by atoms with van der Waals surface area (Å²) in [5, 5.41) is 6.30. The van der Waals surface area contributed by atoms with E-state index in [1.165, 1.54) is 0 Å². The normalized spacial score (nSPS) is 19.2. The molecule has 2 atom stereocenters. The highest BCUT2D eigenvalue weighted by Gasteiger charge is 2.23. The fourth-order valence-electron chi connectivity index (χ4n) is 2.57. The van der Waals surface area contributed by atoms with E-state index in [1.54, 1.807) is 0 Å². The number of rotatable bonds is 7. The molecule has 2 unspecified atom stereocenters. The van der Waals surface area contributed by atoms with Crippen LogP contribution in [-0.2, 0) is 4.79 Å². The van der Waals surface area contributed by atoms with Gasteiger partial charge in [-0.3, -0.25) is 4.79 Å². The lowest BCUT2D eigenvalue weighted by Gasteiger charge is -2.18. The maximum atomic E-state index is 12.1. The number of nitrogens with one attached hydrogen (secondary N) is 2. The molecule has 1 saturated heterocycles. The molecule has 122 valence electrons. The van der Waals surface area contributed by atoms with Crippen molar-refractivity contribution >= 4 is 5.91 Å². The van der Waals surface area contributed by atoms with E-state index in [4.69, 9.17) is 4.74 Å². The van der Waals surface area contributed by atoms with Crippen LogP contribution in [0.4, 0.5) is 0 Å². The van der Waals surface area contributed by atoms with Crippen LogP contribution < -0.4 is 15.4 Å². The van der Waals surface area contributed by atoms with E-state index < -0.39 is 0 Å². The molecular weight excluding hydrogens is 276 g/mol. The quantitative estimate of drug-likeness (QED) is 0.814. The second-order valence-corrected chi connectivity index (χ2v) is 6.48. The van der Waals surface area contributed by atoms with Crippen molar-refractivity contribution in [2.45, 2.75) is 52.1 Å². The van der Waals surface area contributed by atoms with Gasteiger partial charge >= 0.3 is 0 Å². The van der Waals surface area contributed by atoms with E-state index in [9.17, 15) is 4.79 Å². The maximum absolute atomic E-state index is 12.1. The van der Waals surface area contributed by atoms with Gasteiger partial charge in [0.15, 0.2) is 0 Å². The Morgan fingerprint density at radius 1 is 1.32 bits per heavy atom. The van der Waals surface area contributed by atoms with Gasteiger partial charge in [-0.2, -0.15) is 0 Å². The lowest BCUT2D eigenvalue weighted by Crippen LogP contribution is -2.41. The van der Waals surface area contributed by atoms with Crippen LogP contribution in [0.2, 0.25) is 0 Å². The van der Waals surface area contributed by atoms with Crippen molar-refractivity contribution in [3.63, 3.8) is 0 Å². The number of ether oxygens (including phenoxy) is 1. The minimum absolute atomic E-state index is 0.0135. The average Bonchev–Trinajstić information content (AvgIpc) is 3.02. The smallest absolute Gasteiger partial charge is 0.237 e. The molecule has 0 spiro atoms. The predicted molar refractivity (Wildman–Crippen MR) is 89.0 cm³/mol. The molecule has 0 bridgehead atoms. The van der Waals surface area contributed by atoms with Gasteiger partial charge in [0.25, 0.3) is 0 Å². The molecule has 22 heavy (non-hydrogen) atoms. The average molecular weight is 304 g/mol. The lowest BCUT2D eigenvalue weighted by molar-refractivity contribution is -0.123. The topological polar surface area (TPSA) is 50.4 Å². The molecule has 0 aliphatic carbocycles. The van der Waals surface area contributed by atoms with Crippen molar-refractivity contribution < 1.29 is 9.53 Å². The molecule has 2 N–H and O–H groups in total. The van der Waals surface area contributed by atoms with Gasteiger partial charge in [0, 0.05) is 0 Å². The number of hydrogen-bond donors (Lipinski definition) is 2. The third kappa shape index (κ3) is 5.02.